The third-order valence-corrected chi connectivity index (χ3v) is 4.53. The molecule has 0 fully saturated rings. The maximum Gasteiger partial charge on any atom is 0.140 e. The minimum atomic E-state index is -0.0166. The SMILES string of the molecule is Brc1ccc(OC2CNCc3occc32)c2ccccc12. The molecule has 1 N–H and O–H groups in total. The summed E-state index contributed by atoms with van der Waals surface area (Å²) in [4.78, 5) is 0. The first kappa shape index (κ1) is 12.9. The van der Waals surface area contributed by atoms with Crippen LogP contribution in [0.2, 0.25) is 0 Å². The van der Waals surface area contributed by atoms with E-state index in [4.69, 9.17) is 9.15 Å². The van der Waals surface area contributed by atoms with Gasteiger partial charge in [0.05, 0.1) is 12.8 Å². The van der Waals surface area contributed by atoms with E-state index in [0.29, 0.717) is 0 Å². The molecule has 2 heterocycles. The zero-order chi connectivity index (χ0) is 14.2. The maximum atomic E-state index is 6.27. The van der Waals surface area contributed by atoms with Crippen molar-refractivity contribution in [2.45, 2.75) is 12.6 Å². The van der Waals surface area contributed by atoms with Gasteiger partial charge >= 0.3 is 0 Å². The molecule has 0 bridgehead atoms. The average Bonchev–Trinajstić information content (AvgIpc) is 3.00. The van der Waals surface area contributed by atoms with Crippen molar-refractivity contribution in [2.24, 2.45) is 0 Å². The van der Waals surface area contributed by atoms with E-state index in [9.17, 15) is 0 Å². The number of nitrogens with one attached hydrogen (secondary N) is 1. The minimum Gasteiger partial charge on any atom is -0.484 e. The molecule has 21 heavy (non-hydrogen) atoms. The van der Waals surface area contributed by atoms with Gasteiger partial charge < -0.3 is 14.5 Å². The Labute approximate surface area is 131 Å². The third kappa shape index (κ3) is 2.24. The van der Waals surface area contributed by atoms with Crippen LogP contribution in [0.4, 0.5) is 0 Å². The second-order valence-corrected chi connectivity index (χ2v) is 5.98. The monoisotopic (exact) mass is 343 g/mol. The van der Waals surface area contributed by atoms with E-state index in [2.05, 4.69) is 33.4 Å². The van der Waals surface area contributed by atoms with Crippen LogP contribution < -0.4 is 10.1 Å². The molecule has 0 radical (unpaired) electrons. The molecule has 4 heteroatoms. The van der Waals surface area contributed by atoms with Crippen molar-refractivity contribution >= 4 is 26.7 Å². The topological polar surface area (TPSA) is 34.4 Å². The zero-order valence-corrected chi connectivity index (χ0v) is 12.9. The predicted molar refractivity (Wildman–Crippen MR) is 85.4 cm³/mol. The standard InChI is InChI=1S/C17H14BrNO2/c18-14-5-6-15(12-4-2-1-3-11(12)14)21-17-10-19-9-16-13(17)7-8-20-16/h1-8,17,19H,9-10H2. The first-order valence-corrected chi connectivity index (χ1v) is 7.73. The van der Waals surface area contributed by atoms with E-state index >= 15 is 0 Å². The molecule has 2 aromatic carbocycles. The molecule has 0 amide bonds. The summed E-state index contributed by atoms with van der Waals surface area (Å²) in [5.74, 6) is 1.86. The molecule has 1 atom stereocenters. The summed E-state index contributed by atoms with van der Waals surface area (Å²) in [6.45, 7) is 1.56. The Kier molecular flexibility index (Phi) is 3.20. The molecule has 0 saturated carbocycles. The summed E-state index contributed by atoms with van der Waals surface area (Å²) in [6, 6.07) is 14.3. The molecule has 1 aliphatic heterocycles. The number of ether oxygens (including phenoxy) is 1. The van der Waals surface area contributed by atoms with Crippen LogP contribution in [0.25, 0.3) is 10.8 Å². The van der Waals surface area contributed by atoms with Crippen LogP contribution in [-0.2, 0) is 6.54 Å². The first-order chi connectivity index (χ1) is 10.3. The zero-order valence-electron chi connectivity index (χ0n) is 11.3. The normalized spacial score (nSPS) is 17.7. The highest BCUT2D eigenvalue weighted by atomic mass is 79.9. The van der Waals surface area contributed by atoms with Crippen molar-refractivity contribution in [3.8, 4) is 5.75 Å². The number of benzene rings is 2. The largest absolute Gasteiger partial charge is 0.484 e. The molecule has 4 rings (SSSR count). The van der Waals surface area contributed by atoms with Gasteiger partial charge in [0.15, 0.2) is 0 Å². The fourth-order valence-corrected chi connectivity index (χ4v) is 3.28. The molecule has 3 aromatic rings. The second-order valence-electron chi connectivity index (χ2n) is 5.13. The smallest absolute Gasteiger partial charge is 0.140 e. The molecule has 0 saturated heterocycles. The number of fused-ring (bicyclic) bond motifs is 2. The van der Waals surface area contributed by atoms with Crippen molar-refractivity contribution in [1.82, 2.24) is 5.32 Å². The average molecular weight is 344 g/mol. The van der Waals surface area contributed by atoms with E-state index in [1.165, 1.54) is 0 Å². The van der Waals surface area contributed by atoms with Crippen LogP contribution in [0.1, 0.15) is 17.4 Å². The first-order valence-electron chi connectivity index (χ1n) is 6.94. The summed E-state index contributed by atoms with van der Waals surface area (Å²) in [7, 11) is 0. The Morgan fingerprint density at radius 1 is 1.10 bits per heavy atom. The van der Waals surface area contributed by atoms with Crippen LogP contribution in [0.3, 0.4) is 0 Å². The lowest BCUT2D eigenvalue weighted by Crippen LogP contribution is -2.30. The Morgan fingerprint density at radius 3 is 2.86 bits per heavy atom. The number of halogens is 1. The minimum absolute atomic E-state index is 0.0166. The van der Waals surface area contributed by atoms with Crippen molar-refractivity contribution < 1.29 is 9.15 Å². The van der Waals surface area contributed by atoms with Crippen LogP contribution in [0, 0.1) is 0 Å². The lowest BCUT2D eigenvalue weighted by molar-refractivity contribution is 0.188. The summed E-state index contributed by atoms with van der Waals surface area (Å²) >= 11 is 3.59. The Balaban J connectivity index is 1.75. The molecule has 1 unspecified atom stereocenters. The molecule has 0 spiro atoms. The summed E-state index contributed by atoms with van der Waals surface area (Å²) < 4.78 is 12.8. The van der Waals surface area contributed by atoms with E-state index in [1.807, 2.05) is 30.3 Å². The molecule has 0 aliphatic carbocycles. The van der Waals surface area contributed by atoms with E-state index in [1.54, 1.807) is 6.26 Å². The summed E-state index contributed by atoms with van der Waals surface area (Å²) in [5.41, 5.74) is 1.14. The van der Waals surface area contributed by atoms with Gasteiger partial charge in [0.2, 0.25) is 0 Å². The molecular weight excluding hydrogens is 330 g/mol. The van der Waals surface area contributed by atoms with Crippen molar-refractivity contribution in [1.29, 1.82) is 0 Å². The Hall–Kier alpha value is -1.78. The third-order valence-electron chi connectivity index (χ3n) is 3.84. The maximum absolute atomic E-state index is 6.27. The quantitative estimate of drug-likeness (QED) is 0.747. The van der Waals surface area contributed by atoms with Crippen LogP contribution in [-0.4, -0.2) is 6.54 Å². The van der Waals surface area contributed by atoms with Crippen LogP contribution >= 0.6 is 15.9 Å². The number of rotatable bonds is 2. The van der Waals surface area contributed by atoms with Crippen molar-refractivity contribution in [2.75, 3.05) is 6.54 Å². The van der Waals surface area contributed by atoms with Gasteiger partial charge in [-0.25, -0.2) is 0 Å². The number of hydrogen-bond acceptors (Lipinski definition) is 3. The number of hydrogen-bond donors (Lipinski definition) is 1. The number of furan rings is 1. The summed E-state index contributed by atoms with van der Waals surface area (Å²) in [5, 5.41) is 5.60. The Bertz CT molecular complexity index is 796. The van der Waals surface area contributed by atoms with Gasteiger partial charge in [-0.2, -0.15) is 0 Å². The highest BCUT2D eigenvalue weighted by Gasteiger charge is 2.24. The van der Waals surface area contributed by atoms with Crippen LogP contribution in [0.15, 0.2) is 57.6 Å². The van der Waals surface area contributed by atoms with E-state index in [-0.39, 0.29) is 6.10 Å². The van der Waals surface area contributed by atoms with Gasteiger partial charge in [0, 0.05) is 22.0 Å². The van der Waals surface area contributed by atoms with E-state index in [0.717, 1.165) is 45.4 Å². The Morgan fingerprint density at radius 2 is 1.95 bits per heavy atom. The lowest BCUT2D eigenvalue weighted by atomic mass is 10.1. The highest BCUT2D eigenvalue weighted by Crippen LogP contribution is 2.35. The van der Waals surface area contributed by atoms with Gasteiger partial charge in [-0.1, -0.05) is 40.2 Å². The highest BCUT2D eigenvalue weighted by molar-refractivity contribution is 9.10. The summed E-state index contributed by atoms with van der Waals surface area (Å²) in [6.07, 6.45) is 1.71. The fourth-order valence-electron chi connectivity index (χ4n) is 2.80. The van der Waals surface area contributed by atoms with Crippen LogP contribution in [0.5, 0.6) is 5.75 Å². The van der Waals surface area contributed by atoms with Gasteiger partial charge in [0.1, 0.15) is 17.6 Å². The van der Waals surface area contributed by atoms with Gasteiger partial charge in [-0.05, 0) is 23.6 Å². The van der Waals surface area contributed by atoms with Crippen molar-refractivity contribution in [3.05, 3.63) is 64.5 Å². The second kappa shape index (κ2) is 5.20. The molecular formula is C17H14BrNO2. The molecule has 1 aromatic heterocycles. The lowest BCUT2D eigenvalue weighted by Gasteiger charge is -2.24. The van der Waals surface area contributed by atoms with E-state index < -0.39 is 0 Å². The van der Waals surface area contributed by atoms with Gasteiger partial charge in [-0.15, -0.1) is 0 Å². The van der Waals surface area contributed by atoms with Crippen molar-refractivity contribution in [3.63, 3.8) is 0 Å². The predicted octanol–water partition coefficient (Wildman–Crippen LogP) is 4.42. The van der Waals surface area contributed by atoms with Gasteiger partial charge in [-0.3, -0.25) is 0 Å². The van der Waals surface area contributed by atoms with Gasteiger partial charge in [0.25, 0.3) is 0 Å². The molecule has 1 aliphatic rings. The fraction of sp³-hybridized carbons (Fsp3) is 0.176. The molecule has 106 valence electrons. The molecule has 3 nitrogen and oxygen atoms in total.